The molecule has 1 aromatic carbocycles. The number of nitriles is 1. The minimum atomic E-state index is -0.432. The first-order chi connectivity index (χ1) is 10.8. The van der Waals surface area contributed by atoms with Crippen LogP contribution in [0.5, 0.6) is 0 Å². The van der Waals surface area contributed by atoms with Crippen molar-refractivity contribution in [3.05, 3.63) is 35.4 Å². The number of rotatable bonds is 5. The standard InChI is InChI=1S/C20H31N3/c1-16(2)23-12-10-18(11-13-23)22(5)14-17-8-6-7-9-19(17)20(3,4)15-21/h6-9,16,18H,10-14H2,1-5H3. The van der Waals surface area contributed by atoms with E-state index in [2.05, 4.69) is 55.0 Å². The number of hydrogen-bond donors (Lipinski definition) is 0. The average molecular weight is 313 g/mol. The highest BCUT2D eigenvalue weighted by Crippen LogP contribution is 2.27. The Balaban J connectivity index is 2.05. The molecular weight excluding hydrogens is 282 g/mol. The highest BCUT2D eigenvalue weighted by atomic mass is 15.2. The number of benzene rings is 1. The van der Waals surface area contributed by atoms with Gasteiger partial charge in [0.25, 0.3) is 0 Å². The zero-order chi connectivity index (χ0) is 17.0. The molecule has 3 heteroatoms. The Morgan fingerprint density at radius 3 is 2.43 bits per heavy atom. The Bertz CT molecular complexity index is 548. The summed E-state index contributed by atoms with van der Waals surface area (Å²) < 4.78 is 0. The van der Waals surface area contributed by atoms with E-state index in [9.17, 15) is 5.26 Å². The number of likely N-dealkylation sites (tertiary alicyclic amines) is 1. The molecule has 0 saturated carbocycles. The largest absolute Gasteiger partial charge is 0.301 e. The molecule has 0 amide bonds. The molecule has 1 fully saturated rings. The minimum absolute atomic E-state index is 0.432. The molecule has 1 saturated heterocycles. The van der Waals surface area contributed by atoms with Crippen molar-refractivity contribution >= 4 is 0 Å². The van der Waals surface area contributed by atoms with Crippen LogP contribution < -0.4 is 0 Å². The van der Waals surface area contributed by atoms with Crippen LogP contribution in [0.3, 0.4) is 0 Å². The smallest absolute Gasteiger partial charge is 0.0769 e. The van der Waals surface area contributed by atoms with Gasteiger partial charge in [-0.3, -0.25) is 4.90 Å². The lowest BCUT2D eigenvalue weighted by Gasteiger charge is -2.39. The molecule has 0 N–H and O–H groups in total. The molecule has 1 aliphatic rings. The van der Waals surface area contributed by atoms with Gasteiger partial charge in [-0.2, -0.15) is 5.26 Å². The summed E-state index contributed by atoms with van der Waals surface area (Å²) >= 11 is 0. The van der Waals surface area contributed by atoms with Crippen LogP contribution in [0.1, 0.15) is 51.7 Å². The van der Waals surface area contributed by atoms with Gasteiger partial charge in [0.1, 0.15) is 0 Å². The van der Waals surface area contributed by atoms with Crippen molar-refractivity contribution in [2.45, 2.75) is 64.6 Å². The Labute approximate surface area is 141 Å². The monoisotopic (exact) mass is 313 g/mol. The van der Waals surface area contributed by atoms with Crippen LogP contribution in [0, 0.1) is 11.3 Å². The van der Waals surface area contributed by atoms with E-state index in [-0.39, 0.29) is 0 Å². The molecule has 1 aliphatic heterocycles. The van der Waals surface area contributed by atoms with Crippen LogP contribution in [-0.4, -0.2) is 42.0 Å². The first kappa shape index (κ1) is 18.0. The van der Waals surface area contributed by atoms with Crippen LogP contribution in [0.15, 0.2) is 24.3 Å². The topological polar surface area (TPSA) is 30.3 Å². The summed E-state index contributed by atoms with van der Waals surface area (Å²) in [5.74, 6) is 0. The van der Waals surface area contributed by atoms with E-state index >= 15 is 0 Å². The van der Waals surface area contributed by atoms with Gasteiger partial charge in [0.15, 0.2) is 0 Å². The third-order valence-corrected chi connectivity index (χ3v) is 5.24. The second-order valence-corrected chi connectivity index (χ2v) is 7.67. The van der Waals surface area contributed by atoms with Crippen LogP contribution in [0.2, 0.25) is 0 Å². The summed E-state index contributed by atoms with van der Waals surface area (Å²) in [7, 11) is 2.23. The summed E-state index contributed by atoms with van der Waals surface area (Å²) in [6.45, 7) is 11.9. The zero-order valence-corrected chi connectivity index (χ0v) is 15.3. The number of piperidine rings is 1. The second kappa shape index (κ2) is 7.47. The normalized spacial score (nSPS) is 17.7. The lowest BCUT2D eigenvalue weighted by Crippen LogP contribution is -2.45. The zero-order valence-electron chi connectivity index (χ0n) is 15.3. The molecule has 0 atom stereocenters. The third-order valence-electron chi connectivity index (χ3n) is 5.24. The Hall–Kier alpha value is -1.37. The molecule has 0 unspecified atom stereocenters. The minimum Gasteiger partial charge on any atom is -0.301 e. The molecule has 0 aromatic heterocycles. The van der Waals surface area contributed by atoms with Crippen LogP contribution in [0.4, 0.5) is 0 Å². The summed E-state index contributed by atoms with van der Waals surface area (Å²) in [5.41, 5.74) is 2.01. The fourth-order valence-corrected chi connectivity index (χ4v) is 3.57. The maximum absolute atomic E-state index is 9.47. The van der Waals surface area contributed by atoms with E-state index < -0.39 is 5.41 Å². The van der Waals surface area contributed by atoms with Gasteiger partial charge in [0, 0.05) is 18.6 Å². The van der Waals surface area contributed by atoms with E-state index in [4.69, 9.17) is 0 Å². The Kier molecular flexibility index (Phi) is 5.84. The van der Waals surface area contributed by atoms with Gasteiger partial charge in [-0.05, 0) is 71.8 Å². The predicted molar refractivity (Wildman–Crippen MR) is 96.3 cm³/mol. The Morgan fingerprint density at radius 1 is 1.26 bits per heavy atom. The fraction of sp³-hybridized carbons (Fsp3) is 0.650. The quantitative estimate of drug-likeness (QED) is 0.828. The molecule has 126 valence electrons. The van der Waals surface area contributed by atoms with Crippen molar-refractivity contribution in [1.29, 1.82) is 5.26 Å². The molecule has 23 heavy (non-hydrogen) atoms. The van der Waals surface area contributed by atoms with Crippen molar-refractivity contribution in [2.24, 2.45) is 0 Å². The van der Waals surface area contributed by atoms with Gasteiger partial charge in [-0.15, -0.1) is 0 Å². The number of hydrogen-bond acceptors (Lipinski definition) is 3. The van der Waals surface area contributed by atoms with E-state index in [1.807, 2.05) is 19.9 Å². The summed E-state index contributed by atoms with van der Waals surface area (Å²) in [5, 5.41) is 9.47. The average Bonchev–Trinajstić information content (AvgIpc) is 2.55. The highest BCUT2D eigenvalue weighted by molar-refractivity contribution is 5.37. The van der Waals surface area contributed by atoms with Gasteiger partial charge < -0.3 is 4.90 Å². The van der Waals surface area contributed by atoms with E-state index in [0.717, 1.165) is 12.1 Å². The molecule has 2 rings (SSSR count). The second-order valence-electron chi connectivity index (χ2n) is 7.67. The predicted octanol–water partition coefficient (Wildman–Crippen LogP) is 3.79. The van der Waals surface area contributed by atoms with Crippen LogP contribution >= 0.6 is 0 Å². The maximum atomic E-state index is 9.47. The first-order valence-corrected chi connectivity index (χ1v) is 8.79. The van der Waals surface area contributed by atoms with Crippen molar-refractivity contribution in [2.75, 3.05) is 20.1 Å². The fourth-order valence-electron chi connectivity index (χ4n) is 3.57. The molecule has 1 aromatic rings. The SMILES string of the molecule is CC(C)N1CCC(N(C)Cc2ccccc2C(C)(C)C#N)CC1. The van der Waals surface area contributed by atoms with Crippen LogP contribution in [0.25, 0.3) is 0 Å². The van der Waals surface area contributed by atoms with Gasteiger partial charge >= 0.3 is 0 Å². The lowest BCUT2D eigenvalue weighted by atomic mass is 9.83. The van der Waals surface area contributed by atoms with Gasteiger partial charge in [0.05, 0.1) is 11.5 Å². The molecule has 0 spiro atoms. The van der Waals surface area contributed by atoms with Gasteiger partial charge in [-0.25, -0.2) is 0 Å². The van der Waals surface area contributed by atoms with Crippen molar-refractivity contribution in [3.63, 3.8) is 0 Å². The third kappa shape index (κ3) is 4.34. The van der Waals surface area contributed by atoms with Crippen molar-refractivity contribution in [3.8, 4) is 6.07 Å². The summed E-state index contributed by atoms with van der Waals surface area (Å²) in [4.78, 5) is 5.04. The molecular formula is C20H31N3. The van der Waals surface area contributed by atoms with Crippen molar-refractivity contribution in [1.82, 2.24) is 9.80 Å². The van der Waals surface area contributed by atoms with Gasteiger partial charge in [-0.1, -0.05) is 24.3 Å². The molecule has 3 nitrogen and oxygen atoms in total. The summed E-state index contributed by atoms with van der Waals surface area (Å²) in [6.07, 6.45) is 2.47. The molecule has 0 aliphatic carbocycles. The van der Waals surface area contributed by atoms with Gasteiger partial charge in [0.2, 0.25) is 0 Å². The lowest BCUT2D eigenvalue weighted by molar-refractivity contribution is 0.104. The molecule has 0 bridgehead atoms. The summed E-state index contributed by atoms with van der Waals surface area (Å²) in [6, 6.07) is 12.1. The number of nitrogens with zero attached hydrogens (tertiary/aromatic N) is 3. The first-order valence-electron chi connectivity index (χ1n) is 8.79. The molecule has 0 radical (unpaired) electrons. The van der Waals surface area contributed by atoms with Crippen LogP contribution in [-0.2, 0) is 12.0 Å². The van der Waals surface area contributed by atoms with Crippen molar-refractivity contribution < 1.29 is 0 Å². The highest BCUT2D eigenvalue weighted by Gasteiger charge is 2.26. The van der Waals surface area contributed by atoms with E-state index in [0.29, 0.717) is 12.1 Å². The maximum Gasteiger partial charge on any atom is 0.0769 e. The van der Waals surface area contributed by atoms with E-state index in [1.54, 1.807) is 0 Å². The molecule has 1 heterocycles. The Morgan fingerprint density at radius 2 is 1.87 bits per heavy atom. The van der Waals surface area contributed by atoms with E-state index in [1.165, 1.54) is 31.5 Å².